The first-order valence-corrected chi connectivity index (χ1v) is 15.4. The summed E-state index contributed by atoms with van der Waals surface area (Å²) in [5.74, 6) is 0.604. The van der Waals surface area contributed by atoms with Crippen LogP contribution in [0.2, 0.25) is 0 Å². The number of imidazole rings is 1. The normalized spacial score (nSPS) is 14.1. The van der Waals surface area contributed by atoms with Gasteiger partial charge in [0.25, 0.3) is 5.91 Å². The number of fused-ring (bicyclic) bond motifs is 1. The lowest BCUT2D eigenvalue weighted by molar-refractivity contribution is -0.132. The summed E-state index contributed by atoms with van der Waals surface area (Å²) in [5.41, 5.74) is 4.23. The molecule has 0 saturated carbocycles. The molecule has 4 aromatic rings. The van der Waals surface area contributed by atoms with Crippen LogP contribution in [0.25, 0.3) is 16.9 Å². The number of carbonyl (C=O) groups excluding carboxylic acids is 2. The summed E-state index contributed by atoms with van der Waals surface area (Å²) in [6, 6.07) is 11.9. The van der Waals surface area contributed by atoms with Crippen molar-refractivity contribution in [2.45, 2.75) is 45.8 Å². The zero-order valence-corrected chi connectivity index (χ0v) is 26.0. The van der Waals surface area contributed by atoms with Gasteiger partial charge in [-0.25, -0.2) is 9.97 Å². The molecule has 13 heteroatoms. The molecular formula is C33H39F2N7O4. The molecule has 2 aromatic carbocycles. The zero-order chi connectivity index (χ0) is 32.6. The summed E-state index contributed by atoms with van der Waals surface area (Å²) in [6.45, 7) is 3.72. The fourth-order valence-electron chi connectivity index (χ4n) is 5.52. The topological polar surface area (TPSA) is 124 Å². The molecule has 1 unspecified atom stereocenters. The predicted molar refractivity (Wildman–Crippen MR) is 170 cm³/mol. The van der Waals surface area contributed by atoms with Gasteiger partial charge < -0.3 is 30.3 Å². The maximum absolute atomic E-state index is 13.4. The smallest absolute Gasteiger partial charge is 0.387 e. The number of aryl methyl sites for hydroxylation is 1. The number of nitrogens with one attached hydrogen (secondary N) is 2. The number of alkyl halides is 2. The molecule has 5 rings (SSSR count). The van der Waals surface area contributed by atoms with Crippen LogP contribution in [0.1, 0.15) is 42.1 Å². The maximum Gasteiger partial charge on any atom is 0.387 e. The number of benzene rings is 2. The number of nitrogens with zero attached hydrogens (tertiary/aromatic N) is 5. The number of hydrogen-bond donors (Lipinski definition) is 3. The molecule has 1 aliphatic rings. The van der Waals surface area contributed by atoms with Gasteiger partial charge >= 0.3 is 6.61 Å². The van der Waals surface area contributed by atoms with E-state index in [0.29, 0.717) is 62.6 Å². The number of aromatic nitrogens is 3. The lowest BCUT2D eigenvalue weighted by atomic mass is 10.1. The van der Waals surface area contributed by atoms with E-state index in [1.807, 2.05) is 35.3 Å². The minimum absolute atomic E-state index is 0.0609. The van der Waals surface area contributed by atoms with E-state index in [2.05, 4.69) is 25.3 Å². The maximum atomic E-state index is 13.4. The van der Waals surface area contributed by atoms with Crippen molar-refractivity contribution >= 4 is 29.0 Å². The van der Waals surface area contributed by atoms with Gasteiger partial charge in [0, 0.05) is 67.8 Å². The Kier molecular flexibility index (Phi) is 10.8. The summed E-state index contributed by atoms with van der Waals surface area (Å²) >= 11 is 0. The van der Waals surface area contributed by atoms with Gasteiger partial charge in [-0.2, -0.15) is 8.78 Å². The molecule has 0 radical (unpaired) electrons. The monoisotopic (exact) mass is 635 g/mol. The van der Waals surface area contributed by atoms with Crippen LogP contribution in [-0.4, -0.2) is 93.1 Å². The highest BCUT2D eigenvalue weighted by molar-refractivity contribution is 5.96. The third kappa shape index (κ3) is 7.77. The van der Waals surface area contributed by atoms with Gasteiger partial charge in [-0.05, 0) is 74.3 Å². The van der Waals surface area contributed by atoms with Gasteiger partial charge in [-0.1, -0.05) is 6.92 Å². The number of halogens is 2. The van der Waals surface area contributed by atoms with Crippen LogP contribution in [0.3, 0.4) is 0 Å². The summed E-state index contributed by atoms with van der Waals surface area (Å²) in [7, 11) is 0. The largest absolute Gasteiger partial charge is 0.435 e. The molecule has 1 fully saturated rings. The molecule has 2 aromatic heterocycles. The summed E-state index contributed by atoms with van der Waals surface area (Å²) in [5, 5.41) is 15.8. The number of anilines is 2. The van der Waals surface area contributed by atoms with Crippen LogP contribution in [0.5, 0.6) is 5.75 Å². The average Bonchev–Trinajstić information content (AvgIpc) is 3.50. The minimum Gasteiger partial charge on any atom is -0.435 e. The molecule has 0 aliphatic carbocycles. The minimum atomic E-state index is -2.89. The van der Waals surface area contributed by atoms with Gasteiger partial charge in [-0.15, -0.1) is 0 Å². The van der Waals surface area contributed by atoms with Gasteiger partial charge in [0.05, 0.1) is 18.5 Å². The van der Waals surface area contributed by atoms with Gasteiger partial charge in [0.2, 0.25) is 5.91 Å². The van der Waals surface area contributed by atoms with Crippen LogP contribution < -0.4 is 15.4 Å². The quantitative estimate of drug-likeness (QED) is 0.184. The Bertz CT molecular complexity index is 1640. The number of amides is 2. The highest BCUT2D eigenvalue weighted by atomic mass is 19.3. The molecular weight excluding hydrogens is 596 g/mol. The Balaban J connectivity index is 1.18. The van der Waals surface area contributed by atoms with E-state index >= 15 is 0 Å². The zero-order valence-electron chi connectivity index (χ0n) is 26.0. The van der Waals surface area contributed by atoms with E-state index in [-0.39, 0.29) is 30.2 Å². The molecule has 1 atom stereocenters. The predicted octanol–water partition coefficient (Wildman–Crippen LogP) is 4.47. The van der Waals surface area contributed by atoms with Crippen molar-refractivity contribution < 1.29 is 28.2 Å². The fourth-order valence-corrected chi connectivity index (χ4v) is 5.52. The van der Waals surface area contributed by atoms with E-state index in [1.54, 1.807) is 41.7 Å². The Morgan fingerprint density at radius 3 is 2.46 bits per heavy atom. The number of piperazine rings is 1. The SMILES string of the molecule is CCC(CO)NCCCC(=O)N1CCN(C(=O)c2ccc(Nc3nccn4c(-c5ccc(OC(F)F)cc5)cnc34)cc2C)CC1. The van der Waals surface area contributed by atoms with Crippen LogP contribution in [-0.2, 0) is 4.79 Å². The van der Waals surface area contributed by atoms with Gasteiger partial charge in [0.1, 0.15) is 5.75 Å². The van der Waals surface area contributed by atoms with Crippen molar-refractivity contribution in [1.82, 2.24) is 29.5 Å². The number of ether oxygens (including phenoxy) is 1. The Hall–Kier alpha value is -4.62. The van der Waals surface area contributed by atoms with Crippen molar-refractivity contribution in [3.8, 4) is 17.0 Å². The van der Waals surface area contributed by atoms with E-state index < -0.39 is 6.61 Å². The second kappa shape index (κ2) is 15.1. The van der Waals surface area contributed by atoms with Crippen LogP contribution in [0.15, 0.2) is 61.1 Å². The summed E-state index contributed by atoms with van der Waals surface area (Å²) < 4.78 is 31.3. The number of carbonyl (C=O) groups is 2. The molecule has 3 heterocycles. The number of rotatable bonds is 13. The molecule has 3 N–H and O–H groups in total. The van der Waals surface area contributed by atoms with Crippen molar-refractivity contribution in [2.75, 3.05) is 44.6 Å². The molecule has 0 bridgehead atoms. The molecule has 1 saturated heterocycles. The Morgan fingerprint density at radius 1 is 1.04 bits per heavy atom. The van der Waals surface area contributed by atoms with Crippen LogP contribution >= 0.6 is 0 Å². The van der Waals surface area contributed by atoms with E-state index in [0.717, 1.165) is 28.9 Å². The second-order valence-corrected chi connectivity index (χ2v) is 11.2. The summed E-state index contributed by atoms with van der Waals surface area (Å²) in [4.78, 5) is 38.6. The molecule has 46 heavy (non-hydrogen) atoms. The molecule has 244 valence electrons. The van der Waals surface area contributed by atoms with Crippen LogP contribution in [0, 0.1) is 6.92 Å². The molecule has 0 spiro atoms. The highest BCUT2D eigenvalue weighted by Gasteiger charge is 2.25. The first kappa shape index (κ1) is 32.8. The number of aliphatic hydroxyl groups is 1. The Labute approximate surface area is 266 Å². The van der Waals surface area contributed by atoms with Crippen molar-refractivity contribution in [2.24, 2.45) is 0 Å². The fraction of sp³-hybridized carbons (Fsp3) is 0.394. The molecule has 2 amide bonds. The van der Waals surface area contributed by atoms with E-state index in [9.17, 15) is 23.5 Å². The first-order chi connectivity index (χ1) is 22.3. The lowest BCUT2D eigenvalue weighted by Gasteiger charge is -2.35. The third-order valence-electron chi connectivity index (χ3n) is 8.16. The number of hydrogen-bond acceptors (Lipinski definition) is 8. The first-order valence-electron chi connectivity index (χ1n) is 15.4. The summed E-state index contributed by atoms with van der Waals surface area (Å²) in [6.07, 6.45) is 7.07. The average molecular weight is 636 g/mol. The second-order valence-electron chi connectivity index (χ2n) is 11.2. The van der Waals surface area contributed by atoms with Crippen molar-refractivity contribution in [3.63, 3.8) is 0 Å². The molecule has 11 nitrogen and oxygen atoms in total. The highest BCUT2D eigenvalue weighted by Crippen LogP contribution is 2.28. The van der Waals surface area contributed by atoms with E-state index in [1.165, 1.54) is 12.1 Å². The van der Waals surface area contributed by atoms with E-state index in [4.69, 9.17) is 0 Å². The Morgan fingerprint density at radius 2 is 1.78 bits per heavy atom. The molecule has 1 aliphatic heterocycles. The third-order valence-corrected chi connectivity index (χ3v) is 8.16. The van der Waals surface area contributed by atoms with Crippen LogP contribution in [0.4, 0.5) is 20.3 Å². The standard InChI is InChI=1S/C33H39F2N7O4/c1-3-24(21-43)36-12-4-5-29(44)40-15-17-41(18-16-40)32(45)27-11-8-25(19-22(27)2)39-30-31-38-20-28(42(31)14-13-37-30)23-6-9-26(10-7-23)46-33(34)35/h6-11,13-14,19-20,24,33,36,43H,3-5,12,15-18,21H2,1-2H3,(H,37,39). The van der Waals surface area contributed by atoms with Gasteiger partial charge in [0.15, 0.2) is 11.5 Å². The lowest BCUT2D eigenvalue weighted by Crippen LogP contribution is -2.50. The number of aliphatic hydroxyl groups excluding tert-OH is 1. The van der Waals surface area contributed by atoms with Crippen molar-refractivity contribution in [1.29, 1.82) is 0 Å². The van der Waals surface area contributed by atoms with Crippen molar-refractivity contribution in [3.05, 3.63) is 72.2 Å². The van der Waals surface area contributed by atoms with Gasteiger partial charge in [-0.3, -0.25) is 14.0 Å².